The standard InChI is InChI=1S/C9H16ClN3O/c1-3-5-8-11-12-9(10)13(8)6-7-14-4-2/h3-7H2,1-2H3. The first-order valence-electron chi connectivity index (χ1n) is 4.94. The van der Waals surface area contributed by atoms with E-state index in [2.05, 4.69) is 17.1 Å². The van der Waals surface area contributed by atoms with Gasteiger partial charge in [0.2, 0.25) is 5.28 Å². The fourth-order valence-corrected chi connectivity index (χ4v) is 1.46. The molecule has 0 bridgehead atoms. The lowest BCUT2D eigenvalue weighted by molar-refractivity contribution is 0.138. The normalized spacial score (nSPS) is 10.8. The molecule has 14 heavy (non-hydrogen) atoms. The average molecular weight is 218 g/mol. The van der Waals surface area contributed by atoms with E-state index in [1.807, 2.05) is 11.5 Å². The predicted molar refractivity (Wildman–Crippen MR) is 55.5 cm³/mol. The molecule has 5 heteroatoms. The van der Waals surface area contributed by atoms with Crippen molar-refractivity contribution >= 4 is 11.6 Å². The molecule has 1 aromatic rings. The number of aromatic nitrogens is 3. The maximum absolute atomic E-state index is 5.89. The summed E-state index contributed by atoms with van der Waals surface area (Å²) in [5.41, 5.74) is 0. The lowest BCUT2D eigenvalue weighted by Gasteiger charge is -2.06. The minimum absolute atomic E-state index is 0.452. The third-order valence-corrected chi connectivity index (χ3v) is 2.20. The zero-order chi connectivity index (χ0) is 10.4. The highest BCUT2D eigenvalue weighted by Gasteiger charge is 2.08. The van der Waals surface area contributed by atoms with Crippen molar-refractivity contribution in [2.75, 3.05) is 13.2 Å². The predicted octanol–water partition coefficient (Wildman–Crippen LogP) is 1.92. The third-order valence-electron chi connectivity index (χ3n) is 1.92. The lowest BCUT2D eigenvalue weighted by Crippen LogP contribution is -2.09. The van der Waals surface area contributed by atoms with E-state index in [-0.39, 0.29) is 0 Å². The molecular weight excluding hydrogens is 202 g/mol. The first-order valence-corrected chi connectivity index (χ1v) is 5.32. The van der Waals surface area contributed by atoms with Crippen LogP contribution in [0.4, 0.5) is 0 Å². The Morgan fingerprint density at radius 2 is 2.14 bits per heavy atom. The Bertz CT molecular complexity index is 275. The van der Waals surface area contributed by atoms with Crippen LogP contribution in [0.15, 0.2) is 0 Å². The molecule has 1 aromatic heterocycles. The first kappa shape index (κ1) is 11.5. The zero-order valence-electron chi connectivity index (χ0n) is 8.66. The van der Waals surface area contributed by atoms with Crippen molar-refractivity contribution in [2.45, 2.75) is 33.2 Å². The smallest absolute Gasteiger partial charge is 0.225 e. The van der Waals surface area contributed by atoms with Gasteiger partial charge < -0.3 is 4.74 Å². The molecule has 0 aliphatic carbocycles. The second-order valence-corrected chi connectivity index (χ2v) is 3.32. The Labute approximate surface area is 89.2 Å². The molecule has 0 spiro atoms. The Morgan fingerprint density at radius 1 is 1.36 bits per heavy atom. The van der Waals surface area contributed by atoms with Gasteiger partial charge in [-0.15, -0.1) is 10.2 Å². The van der Waals surface area contributed by atoms with Crippen molar-refractivity contribution in [2.24, 2.45) is 0 Å². The maximum atomic E-state index is 5.89. The van der Waals surface area contributed by atoms with Gasteiger partial charge in [0, 0.05) is 13.0 Å². The molecule has 0 saturated carbocycles. The van der Waals surface area contributed by atoms with Gasteiger partial charge in [-0.25, -0.2) is 0 Å². The molecule has 1 heterocycles. The topological polar surface area (TPSA) is 39.9 Å². The highest BCUT2D eigenvalue weighted by atomic mass is 35.5. The fraction of sp³-hybridized carbons (Fsp3) is 0.778. The molecule has 0 aliphatic rings. The molecule has 0 unspecified atom stereocenters. The number of rotatable bonds is 6. The van der Waals surface area contributed by atoms with E-state index in [1.165, 1.54) is 0 Å². The molecule has 0 N–H and O–H groups in total. The molecule has 80 valence electrons. The van der Waals surface area contributed by atoms with Crippen molar-refractivity contribution in [3.05, 3.63) is 11.1 Å². The average Bonchev–Trinajstić information content (AvgIpc) is 2.50. The molecule has 0 aliphatic heterocycles. The van der Waals surface area contributed by atoms with Gasteiger partial charge in [-0.2, -0.15) is 0 Å². The zero-order valence-corrected chi connectivity index (χ0v) is 9.42. The van der Waals surface area contributed by atoms with Crippen molar-refractivity contribution in [1.82, 2.24) is 14.8 Å². The summed E-state index contributed by atoms with van der Waals surface area (Å²) in [6.45, 7) is 6.19. The van der Waals surface area contributed by atoms with Gasteiger partial charge >= 0.3 is 0 Å². The second kappa shape index (κ2) is 5.98. The van der Waals surface area contributed by atoms with Crippen molar-refractivity contribution in [3.8, 4) is 0 Å². The van der Waals surface area contributed by atoms with E-state index in [0.29, 0.717) is 11.9 Å². The van der Waals surface area contributed by atoms with Crippen molar-refractivity contribution in [3.63, 3.8) is 0 Å². The number of hydrogen-bond donors (Lipinski definition) is 0. The van der Waals surface area contributed by atoms with Gasteiger partial charge in [-0.3, -0.25) is 4.57 Å². The van der Waals surface area contributed by atoms with Gasteiger partial charge in [0.25, 0.3) is 0 Å². The minimum atomic E-state index is 0.452. The summed E-state index contributed by atoms with van der Waals surface area (Å²) in [5.74, 6) is 0.942. The van der Waals surface area contributed by atoms with Crippen LogP contribution in [0, 0.1) is 0 Å². The molecule has 0 amide bonds. The van der Waals surface area contributed by atoms with Crippen molar-refractivity contribution < 1.29 is 4.74 Å². The van der Waals surface area contributed by atoms with Crippen LogP contribution in [-0.2, 0) is 17.7 Å². The number of nitrogens with zero attached hydrogens (tertiary/aromatic N) is 3. The molecule has 0 saturated heterocycles. The molecule has 0 radical (unpaired) electrons. The van der Waals surface area contributed by atoms with E-state index < -0.39 is 0 Å². The van der Waals surface area contributed by atoms with Crippen LogP contribution in [0.5, 0.6) is 0 Å². The lowest BCUT2D eigenvalue weighted by atomic mass is 10.3. The third kappa shape index (κ3) is 2.96. The van der Waals surface area contributed by atoms with Crippen molar-refractivity contribution in [1.29, 1.82) is 0 Å². The molecule has 4 nitrogen and oxygen atoms in total. The summed E-state index contributed by atoms with van der Waals surface area (Å²) in [5, 5.41) is 8.30. The van der Waals surface area contributed by atoms with E-state index in [0.717, 1.165) is 31.8 Å². The molecule has 0 atom stereocenters. The van der Waals surface area contributed by atoms with E-state index >= 15 is 0 Å². The monoisotopic (exact) mass is 217 g/mol. The van der Waals surface area contributed by atoms with Gasteiger partial charge in [0.05, 0.1) is 13.2 Å². The second-order valence-electron chi connectivity index (χ2n) is 2.98. The number of halogens is 1. The van der Waals surface area contributed by atoms with Gasteiger partial charge in [0.15, 0.2) is 0 Å². The Balaban J connectivity index is 2.57. The molecule has 0 aromatic carbocycles. The summed E-state index contributed by atoms with van der Waals surface area (Å²) in [4.78, 5) is 0. The summed E-state index contributed by atoms with van der Waals surface area (Å²) >= 11 is 5.89. The van der Waals surface area contributed by atoms with Crippen LogP contribution in [0.3, 0.4) is 0 Å². The van der Waals surface area contributed by atoms with Crippen LogP contribution in [-0.4, -0.2) is 28.0 Å². The Morgan fingerprint density at radius 3 is 2.79 bits per heavy atom. The van der Waals surface area contributed by atoms with Gasteiger partial charge in [-0.1, -0.05) is 6.92 Å². The summed E-state index contributed by atoms with van der Waals surface area (Å²) in [7, 11) is 0. The fourth-order valence-electron chi connectivity index (χ4n) is 1.24. The number of ether oxygens (including phenoxy) is 1. The van der Waals surface area contributed by atoms with Crippen LogP contribution < -0.4 is 0 Å². The van der Waals surface area contributed by atoms with E-state index in [1.54, 1.807) is 0 Å². The SMILES string of the molecule is CCCc1nnc(Cl)n1CCOCC. The molecular formula is C9H16ClN3O. The summed E-state index contributed by atoms with van der Waals surface area (Å²) in [6.07, 6.45) is 1.95. The number of aryl methyl sites for hydroxylation is 1. The highest BCUT2D eigenvalue weighted by Crippen LogP contribution is 2.09. The van der Waals surface area contributed by atoms with Gasteiger partial charge in [0.1, 0.15) is 5.82 Å². The minimum Gasteiger partial charge on any atom is -0.380 e. The van der Waals surface area contributed by atoms with E-state index in [4.69, 9.17) is 16.3 Å². The largest absolute Gasteiger partial charge is 0.380 e. The molecule has 0 fully saturated rings. The maximum Gasteiger partial charge on any atom is 0.225 e. The van der Waals surface area contributed by atoms with Gasteiger partial charge in [-0.05, 0) is 24.9 Å². The summed E-state index contributed by atoms with van der Waals surface area (Å²) < 4.78 is 7.16. The van der Waals surface area contributed by atoms with E-state index in [9.17, 15) is 0 Å². The Hall–Kier alpha value is -0.610. The molecule has 1 rings (SSSR count). The van der Waals surface area contributed by atoms with Crippen LogP contribution in [0.25, 0.3) is 0 Å². The number of hydrogen-bond acceptors (Lipinski definition) is 3. The highest BCUT2D eigenvalue weighted by molar-refractivity contribution is 6.28. The van der Waals surface area contributed by atoms with Crippen LogP contribution in [0.2, 0.25) is 5.28 Å². The summed E-state index contributed by atoms with van der Waals surface area (Å²) in [6, 6.07) is 0. The Kier molecular flexibility index (Phi) is 4.90. The quantitative estimate of drug-likeness (QED) is 0.684. The van der Waals surface area contributed by atoms with Crippen LogP contribution >= 0.6 is 11.6 Å². The van der Waals surface area contributed by atoms with Crippen LogP contribution in [0.1, 0.15) is 26.1 Å². The first-order chi connectivity index (χ1) is 6.79.